The number of ketones is 1. The predicted molar refractivity (Wildman–Crippen MR) is 72.1 cm³/mol. The van der Waals surface area contributed by atoms with Gasteiger partial charge in [0.1, 0.15) is 0 Å². The van der Waals surface area contributed by atoms with Gasteiger partial charge in [-0.3, -0.25) is 9.59 Å². The minimum absolute atomic E-state index is 0.0953. The molecule has 1 aromatic heterocycles. The Hall–Kier alpha value is -1.95. The lowest BCUT2D eigenvalue weighted by Crippen LogP contribution is -2.43. The molecule has 1 aromatic rings. The molecule has 0 radical (unpaired) electrons. The van der Waals surface area contributed by atoms with Gasteiger partial charge in [0, 0.05) is 24.7 Å². The SMILES string of the molecule is CCC(=O)C(NC(=O)[C@@H](N)Cc1cnc[nH]1)=C(C)C. The van der Waals surface area contributed by atoms with E-state index in [2.05, 4.69) is 15.3 Å². The Labute approximate surface area is 112 Å². The zero-order chi connectivity index (χ0) is 14.4. The van der Waals surface area contributed by atoms with Gasteiger partial charge in [-0.2, -0.15) is 0 Å². The molecule has 0 fully saturated rings. The van der Waals surface area contributed by atoms with Crippen LogP contribution in [0.5, 0.6) is 0 Å². The van der Waals surface area contributed by atoms with Gasteiger partial charge in [-0.1, -0.05) is 6.92 Å². The average Bonchev–Trinajstić information content (AvgIpc) is 2.86. The van der Waals surface area contributed by atoms with E-state index in [1.54, 1.807) is 27.0 Å². The molecule has 4 N–H and O–H groups in total. The summed E-state index contributed by atoms with van der Waals surface area (Å²) in [6.07, 6.45) is 3.84. The molecule has 0 unspecified atom stereocenters. The minimum Gasteiger partial charge on any atom is -0.348 e. The van der Waals surface area contributed by atoms with Gasteiger partial charge in [0.15, 0.2) is 5.78 Å². The maximum atomic E-state index is 11.9. The monoisotopic (exact) mass is 264 g/mol. The standard InChI is InChI=1S/C13H20N4O2/c1-4-11(18)12(8(2)3)17-13(19)10(14)5-9-6-15-7-16-9/h6-7,10H,4-5,14H2,1-3H3,(H,15,16)(H,17,19)/t10-/m0/s1. The third-order valence-corrected chi connectivity index (χ3v) is 2.68. The summed E-state index contributed by atoms with van der Waals surface area (Å²) in [5.41, 5.74) is 7.70. The number of imidazole rings is 1. The molecule has 6 nitrogen and oxygen atoms in total. The largest absolute Gasteiger partial charge is 0.348 e. The second-order valence-electron chi connectivity index (χ2n) is 4.53. The molecule has 19 heavy (non-hydrogen) atoms. The summed E-state index contributed by atoms with van der Waals surface area (Å²) in [5.74, 6) is -0.463. The van der Waals surface area contributed by atoms with Crippen LogP contribution in [0.2, 0.25) is 0 Å². The summed E-state index contributed by atoms with van der Waals surface area (Å²) >= 11 is 0. The van der Waals surface area contributed by atoms with E-state index in [1.807, 2.05) is 0 Å². The van der Waals surface area contributed by atoms with Crippen molar-refractivity contribution in [3.8, 4) is 0 Å². The molecule has 1 heterocycles. The first-order valence-electron chi connectivity index (χ1n) is 6.20. The van der Waals surface area contributed by atoms with Crippen LogP contribution in [0, 0.1) is 0 Å². The van der Waals surface area contributed by atoms with Crippen molar-refractivity contribution in [1.82, 2.24) is 15.3 Å². The van der Waals surface area contributed by atoms with E-state index in [-0.39, 0.29) is 11.7 Å². The quantitative estimate of drug-likeness (QED) is 0.657. The average molecular weight is 264 g/mol. The van der Waals surface area contributed by atoms with E-state index < -0.39 is 6.04 Å². The van der Waals surface area contributed by atoms with E-state index in [0.29, 0.717) is 18.5 Å². The van der Waals surface area contributed by atoms with Crippen LogP contribution >= 0.6 is 0 Å². The molecule has 0 aromatic carbocycles. The first kappa shape index (κ1) is 15.1. The second-order valence-corrected chi connectivity index (χ2v) is 4.53. The molecule has 0 saturated heterocycles. The molecule has 1 amide bonds. The molecule has 0 aliphatic rings. The van der Waals surface area contributed by atoms with Crippen molar-refractivity contribution < 1.29 is 9.59 Å². The number of hydrogen-bond acceptors (Lipinski definition) is 4. The number of nitrogens with zero attached hydrogens (tertiary/aromatic N) is 1. The first-order valence-corrected chi connectivity index (χ1v) is 6.20. The maximum absolute atomic E-state index is 11.9. The fraction of sp³-hybridized carbons (Fsp3) is 0.462. The Morgan fingerprint density at radius 1 is 1.47 bits per heavy atom. The number of carbonyl (C=O) groups is 2. The van der Waals surface area contributed by atoms with Crippen molar-refractivity contribution in [1.29, 1.82) is 0 Å². The number of carbonyl (C=O) groups excluding carboxylic acids is 2. The Kier molecular flexibility index (Phi) is 5.44. The molecule has 0 bridgehead atoms. The normalized spacial score (nSPS) is 11.8. The molecular formula is C13H20N4O2. The van der Waals surface area contributed by atoms with Gasteiger partial charge in [0.2, 0.25) is 5.91 Å². The second kappa shape index (κ2) is 6.84. The number of amides is 1. The van der Waals surface area contributed by atoms with Gasteiger partial charge >= 0.3 is 0 Å². The van der Waals surface area contributed by atoms with Crippen molar-refractivity contribution in [3.63, 3.8) is 0 Å². The molecule has 6 heteroatoms. The third kappa shape index (κ3) is 4.33. The number of H-pyrrole nitrogens is 1. The van der Waals surface area contributed by atoms with Crippen molar-refractivity contribution >= 4 is 11.7 Å². The van der Waals surface area contributed by atoms with Gasteiger partial charge in [-0.15, -0.1) is 0 Å². The molecule has 0 aliphatic heterocycles. The summed E-state index contributed by atoms with van der Waals surface area (Å²) < 4.78 is 0. The number of aromatic amines is 1. The zero-order valence-electron chi connectivity index (χ0n) is 11.5. The fourth-order valence-electron chi connectivity index (χ4n) is 1.59. The molecule has 0 spiro atoms. The molecular weight excluding hydrogens is 244 g/mol. The number of allylic oxidation sites excluding steroid dienone is 2. The smallest absolute Gasteiger partial charge is 0.241 e. The van der Waals surface area contributed by atoms with Gasteiger partial charge in [0.25, 0.3) is 0 Å². The van der Waals surface area contributed by atoms with Crippen molar-refractivity contribution in [2.45, 2.75) is 39.7 Å². The number of nitrogens with two attached hydrogens (primary N) is 1. The van der Waals surface area contributed by atoms with Gasteiger partial charge in [-0.05, 0) is 19.4 Å². The van der Waals surface area contributed by atoms with E-state index in [4.69, 9.17) is 5.73 Å². The summed E-state index contributed by atoms with van der Waals surface area (Å²) in [4.78, 5) is 30.4. The van der Waals surface area contributed by atoms with E-state index in [0.717, 1.165) is 11.3 Å². The van der Waals surface area contributed by atoms with Crippen molar-refractivity contribution in [2.24, 2.45) is 5.73 Å². The highest BCUT2D eigenvalue weighted by atomic mass is 16.2. The third-order valence-electron chi connectivity index (χ3n) is 2.68. The Morgan fingerprint density at radius 3 is 2.63 bits per heavy atom. The Balaban J connectivity index is 2.67. The number of hydrogen-bond donors (Lipinski definition) is 3. The van der Waals surface area contributed by atoms with Gasteiger partial charge < -0.3 is 16.0 Å². The van der Waals surface area contributed by atoms with Crippen LogP contribution in [0.15, 0.2) is 23.8 Å². The summed E-state index contributed by atoms with van der Waals surface area (Å²) in [6.45, 7) is 5.31. The summed E-state index contributed by atoms with van der Waals surface area (Å²) in [6, 6.07) is -0.723. The van der Waals surface area contributed by atoms with Gasteiger partial charge in [-0.25, -0.2) is 4.98 Å². The van der Waals surface area contributed by atoms with Crippen LogP contribution in [-0.4, -0.2) is 27.7 Å². The molecule has 0 saturated carbocycles. The molecule has 1 atom stereocenters. The summed E-state index contributed by atoms with van der Waals surface area (Å²) in [7, 11) is 0. The van der Waals surface area contributed by atoms with Crippen LogP contribution in [-0.2, 0) is 16.0 Å². The molecule has 104 valence electrons. The Bertz CT molecular complexity index is 473. The highest BCUT2D eigenvalue weighted by Crippen LogP contribution is 2.05. The topological polar surface area (TPSA) is 101 Å². The zero-order valence-corrected chi connectivity index (χ0v) is 11.5. The van der Waals surface area contributed by atoms with Gasteiger partial charge in [0.05, 0.1) is 18.1 Å². The highest BCUT2D eigenvalue weighted by molar-refractivity contribution is 6.00. The van der Waals surface area contributed by atoms with Crippen molar-refractivity contribution in [2.75, 3.05) is 0 Å². The van der Waals surface area contributed by atoms with Crippen LogP contribution in [0.25, 0.3) is 0 Å². The van der Waals surface area contributed by atoms with E-state index >= 15 is 0 Å². The van der Waals surface area contributed by atoms with Crippen LogP contribution in [0.1, 0.15) is 32.9 Å². The number of rotatable bonds is 6. The molecule has 1 rings (SSSR count). The maximum Gasteiger partial charge on any atom is 0.241 e. The van der Waals surface area contributed by atoms with E-state index in [9.17, 15) is 9.59 Å². The predicted octanol–water partition coefficient (Wildman–Crippen LogP) is 0.669. The fourth-order valence-corrected chi connectivity index (χ4v) is 1.59. The van der Waals surface area contributed by atoms with Crippen LogP contribution < -0.4 is 11.1 Å². The van der Waals surface area contributed by atoms with E-state index in [1.165, 1.54) is 6.33 Å². The molecule has 0 aliphatic carbocycles. The number of Topliss-reactive ketones (excluding diaryl/α,β-unsaturated/α-hetero) is 1. The Morgan fingerprint density at radius 2 is 2.16 bits per heavy atom. The van der Waals surface area contributed by atoms with Crippen molar-refractivity contribution in [3.05, 3.63) is 29.5 Å². The lowest BCUT2D eigenvalue weighted by Gasteiger charge is -2.14. The van der Waals surface area contributed by atoms with Crippen LogP contribution in [0.4, 0.5) is 0 Å². The number of nitrogens with one attached hydrogen (secondary N) is 2. The lowest BCUT2D eigenvalue weighted by atomic mass is 10.1. The lowest BCUT2D eigenvalue weighted by molar-refractivity contribution is -0.124. The highest BCUT2D eigenvalue weighted by Gasteiger charge is 2.19. The van der Waals surface area contributed by atoms with Crippen LogP contribution in [0.3, 0.4) is 0 Å². The number of aromatic nitrogens is 2. The first-order chi connectivity index (χ1) is 8.95. The summed E-state index contributed by atoms with van der Waals surface area (Å²) in [5, 5.41) is 2.61. The minimum atomic E-state index is -0.723.